The molecule has 0 aromatic heterocycles. The molecule has 3 aliphatic rings. The van der Waals surface area contributed by atoms with Gasteiger partial charge in [-0.15, -0.1) is 4.65 Å². The van der Waals surface area contributed by atoms with Gasteiger partial charge in [-0.1, -0.05) is 38.3 Å². The molecule has 0 bridgehead atoms. The number of likely N-dealkylation sites (tertiary alicyclic amines) is 1. The van der Waals surface area contributed by atoms with Crippen LogP contribution in [0.2, 0.25) is 0 Å². The Bertz CT molecular complexity index is 1170. The standard InChI is InChI=1S/C31H41FN4O3/c1-3-4-5-6-17-33-31(38)39-36(20-8-11-29(37)23-12-14-24(32)15-13-23)21-16-27-26(22-36)25-9-7-10-28-30(25)35(27)19-18-34(28)2/h7,9-10,12-15,26-27H,3-6,8,11,16-22H2,1-2H3/p+1/t26-,27-,36?/m0/s1. The first-order valence-corrected chi connectivity index (χ1v) is 14.6. The van der Waals surface area contributed by atoms with Gasteiger partial charge in [0.15, 0.2) is 5.78 Å². The molecule has 39 heavy (non-hydrogen) atoms. The number of carbonyl (C=O) groups is 2. The number of fused-ring (bicyclic) bond motifs is 3. The lowest BCUT2D eigenvalue weighted by Crippen LogP contribution is -2.60. The third-order valence-corrected chi connectivity index (χ3v) is 8.76. The number of likely N-dealkylation sites (N-methyl/N-ethyl adjacent to an activating group) is 1. The monoisotopic (exact) mass is 537 g/mol. The van der Waals surface area contributed by atoms with E-state index < -0.39 is 0 Å². The number of hydrogen-bond donors (Lipinski definition) is 1. The summed E-state index contributed by atoms with van der Waals surface area (Å²) in [6.07, 6.45) is 5.83. The van der Waals surface area contributed by atoms with Crippen LogP contribution in [0.4, 0.5) is 20.6 Å². The van der Waals surface area contributed by atoms with Crippen LogP contribution in [0.3, 0.4) is 0 Å². The summed E-state index contributed by atoms with van der Waals surface area (Å²) in [4.78, 5) is 36.9. The Balaban J connectivity index is 1.30. The summed E-state index contributed by atoms with van der Waals surface area (Å²) in [5, 5.41) is 2.97. The number of hydrogen-bond acceptors (Lipinski definition) is 5. The van der Waals surface area contributed by atoms with E-state index in [1.54, 1.807) is 0 Å². The second-order valence-corrected chi connectivity index (χ2v) is 11.4. The Morgan fingerprint density at radius 1 is 1.08 bits per heavy atom. The molecule has 3 atom stereocenters. The van der Waals surface area contributed by atoms with Crippen molar-refractivity contribution < 1.29 is 23.5 Å². The molecule has 1 fully saturated rings. The molecule has 210 valence electrons. The van der Waals surface area contributed by atoms with Gasteiger partial charge in [0, 0.05) is 57.5 Å². The van der Waals surface area contributed by atoms with Crippen LogP contribution in [-0.4, -0.2) is 68.9 Å². The highest BCUT2D eigenvalue weighted by Crippen LogP contribution is 2.51. The average Bonchev–Trinajstić information content (AvgIpc) is 3.24. The lowest BCUT2D eigenvalue weighted by Gasteiger charge is -2.44. The lowest BCUT2D eigenvalue weighted by molar-refractivity contribution is -1.09. The Labute approximate surface area is 231 Å². The van der Waals surface area contributed by atoms with Gasteiger partial charge < -0.3 is 15.1 Å². The predicted octanol–water partition coefficient (Wildman–Crippen LogP) is 5.65. The molecule has 3 heterocycles. The number of Topliss-reactive ketones (excluding diaryl/α,β-unsaturated/α-hetero) is 1. The number of rotatable bonds is 11. The predicted molar refractivity (Wildman–Crippen MR) is 152 cm³/mol. The molecule has 3 aliphatic heterocycles. The summed E-state index contributed by atoms with van der Waals surface area (Å²) in [5.41, 5.74) is 4.48. The molecule has 8 heteroatoms. The number of amides is 1. The molecule has 0 saturated carbocycles. The van der Waals surface area contributed by atoms with Crippen molar-refractivity contribution in [3.05, 3.63) is 59.4 Å². The topological polar surface area (TPSA) is 61.9 Å². The van der Waals surface area contributed by atoms with Crippen LogP contribution in [0, 0.1) is 5.82 Å². The molecule has 2 aromatic rings. The van der Waals surface area contributed by atoms with E-state index >= 15 is 0 Å². The molecule has 1 N–H and O–H groups in total. The van der Waals surface area contributed by atoms with Crippen LogP contribution in [0.5, 0.6) is 0 Å². The number of carbonyl (C=O) groups excluding carboxylic acids is 2. The summed E-state index contributed by atoms with van der Waals surface area (Å²) < 4.78 is 13.5. The van der Waals surface area contributed by atoms with E-state index in [2.05, 4.69) is 47.3 Å². The van der Waals surface area contributed by atoms with Gasteiger partial charge in [-0.2, -0.15) is 0 Å². The van der Waals surface area contributed by atoms with Crippen LogP contribution >= 0.6 is 0 Å². The summed E-state index contributed by atoms with van der Waals surface area (Å²) >= 11 is 0. The van der Waals surface area contributed by atoms with E-state index in [-0.39, 0.29) is 28.3 Å². The molecule has 2 aromatic carbocycles. The number of halogens is 1. The largest absolute Gasteiger partial charge is 0.461 e. The zero-order valence-electron chi connectivity index (χ0n) is 23.3. The highest BCUT2D eigenvalue weighted by Gasteiger charge is 2.52. The van der Waals surface area contributed by atoms with Gasteiger partial charge in [-0.3, -0.25) is 9.63 Å². The second-order valence-electron chi connectivity index (χ2n) is 11.4. The molecule has 1 amide bonds. The quantitative estimate of drug-likeness (QED) is 0.228. The fourth-order valence-corrected chi connectivity index (χ4v) is 6.70. The fraction of sp³-hybridized carbons (Fsp3) is 0.548. The van der Waals surface area contributed by atoms with Crippen molar-refractivity contribution in [3.63, 3.8) is 0 Å². The summed E-state index contributed by atoms with van der Waals surface area (Å²) in [6.45, 7) is 6.80. The van der Waals surface area contributed by atoms with Gasteiger partial charge in [0.05, 0.1) is 17.3 Å². The first-order chi connectivity index (χ1) is 18.9. The van der Waals surface area contributed by atoms with Crippen LogP contribution in [0.15, 0.2) is 42.5 Å². The summed E-state index contributed by atoms with van der Waals surface area (Å²) in [5.74, 6) is -0.0954. The van der Waals surface area contributed by atoms with Gasteiger partial charge in [0.25, 0.3) is 0 Å². The smallest absolute Gasteiger partial charge is 0.371 e. The Kier molecular flexibility index (Phi) is 8.40. The number of piperidine rings is 1. The van der Waals surface area contributed by atoms with Crippen molar-refractivity contribution >= 4 is 23.3 Å². The van der Waals surface area contributed by atoms with Crippen molar-refractivity contribution in [1.29, 1.82) is 0 Å². The zero-order valence-corrected chi connectivity index (χ0v) is 23.3. The van der Waals surface area contributed by atoms with Crippen molar-refractivity contribution in [3.8, 4) is 0 Å². The van der Waals surface area contributed by atoms with Crippen molar-refractivity contribution in [2.45, 2.75) is 63.8 Å². The number of hydroxylamine groups is 3. The molecular weight excluding hydrogens is 495 g/mol. The number of benzene rings is 2. The SMILES string of the molecule is CCCCCCNC(=O)O[N+]1(CCCC(=O)c2ccc(F)cc2)CC[C@H]2[C@@H](C1)c1cccc3c1N2CCN3C. The molecule has 0 spiro atoms. The summed E-state index contributed by atoms with van der Waals surface area (Å²) in [7, 11) is 2.15. The number of para-hydroxylation sites is 1. The minimum absolute atomic E-state index is 0.0145. The first kappa shape index (κ1) is 27.4. The van der Waals surface area contributed by atoms with E-state index in [1.807, 2.05) is 0 Å². The number of quaternary nitrogens is 1. The molecule has 0 radical (unpaired) electrons. The van der Waals surface area contributed by atoms with Crippen LogP contribution in [0.25, 0.3) is 0 Å². The zero-order chi connectivity index (χ0) is 27.4. The maximum atomic E-state index is 13.3. The molecule has 1 unspecified atom stereocenters. The van der Waals surface area contributed by atoms with Gasteiger partial charge >= 0.3 is 6.09 Å². The number of anilines is 2. The van der Waals surface area contributed by atoms with Crippen molar-refractivity contribution in [2.75, 3.05) is 56.1 Å². The summed E-state index contributed by atoms with van der Waals surface area (Å²) in [6, 6.07) is 12.7. The Morgan fingerprint density at radius 3 is 2.69 bits per heavy atom. The third-order valence-electron chi connectivity index (χ3n) is 8.76. The maximum Gasteiger partial charge on any atom is 0.461 e. The Morgan fingerprint density at radius 2 is 1.90 bits per heavy atom. The van der Waals surface area contributed by atoms with Crippen LogP contribution < -0.4 is 15.1 Å². The molecule has 5 rings (SSSR count). The van der Waals surface area contributed by atoms with Crippen LogP contribution in [-0.2, 0) is 4.84 Å². The van der Waals surface area contributed by atoms with E-state index in [9.17, 15) is 14.0 Å². The number of ketones is 1. The average molecular weight is 538 g/mol. The second kappa shape index (κ2) is 11.9. The molecular formula is C31H42FN4O3+. The van der Waals surface area contributed by atoms with Crippen LogP contribution in [0.1, 0.15) is 73.7 Å². The lowest BCUT2D eigenvalue weighted by atomic mass is 9.88. The number of nitrogens with one attached hydrogen (secondary N) is 1. The first-order valence-electron chi connectivity index (χ1n) is 14.6. The minimum Gasteiger partial charge on any atom is -0.371 e. The number of unbranched alkanes of at least 4 members (excludes halogenated alkanes) is 3. The van der Waals surface area contributed by atoms with E-state index in [0.717, 1.165) is 51.7 Å². The van der Waals surface area contributed by atoms with E-state index in [1.165, 1.54) is 41.2 Å². The van der Waals surface area contributed by atoms with Crippen molar-refractivity contribution in [2.24, 2.45) is 0 Å². The fourth-order valence-electron chi connectivity index (χ4n) is 6.70. The van der Waals surface area contributed by atoms with Crippen molar-refractivity contribution in [1.82, 2.24) is 5.32 Å². The molecule has 7 nitrogen and oxygen atoms in total. The van der Waals surface area contributed by atoms with Gasteiger partial charge in [-0.25, -0.2) is 9.18 Å². The minimum atomic E-state index is -0.373. The highest BCUT2D eigenvalue weighted by molar-refractivity contribution is 5.95. The highest BCUT2D eigenvalue weighted by atomic mass is 19.1. The number of nitrogens with zero attached hydrogens (tertiary/aromatic N) is 3. The normalized spacial score (nSPS) is 23.3. The van der Waals surface area contributed by atoms with E-state index in [0.29, 0.717) is 44.1 Å². The molecule has 0 aliphatic carbocycles. The van der Waals surface area contributed by atoms with E-state index in [4.69, 9.17) is 4.84 Å². The third kappa shape index (κ3) is 5.91. The van der Waals surface area contributed by atoms with Gasteiger partial charge in [-0.05, 0) is 42.3 Å². The maximum absolute atomic E-state index is 13.3. The van der Waals surface area contributed by atoms with Gasteiger partial charge in [0.2, 0.25) is 0 Å². The Hall–Kier alpha value is -3.13. The molecule has 1 saturated heterocycles. The van der Waals surface area contributed by atoms with Gasteiger partial charge in [0.1, 0.15) is 25.5 Å².